The van der Waals surface area contributed by atoms with Crippen LogP contribution in [0.25, 0.3) is 11.0 Å². The van der Waals surface area contributed by atoms with E-state index in [1.807, 2.05) is 30.3 Å². The van der Waals surface area contributed by atoms with Gasteiger partial charge >= 0.3 is 0 Å². The molecule has 2 N–H and O–H groups in total. The molecule has 1 aromatic heterocycles. The molecular formula is C16H13ClFNO. The monoisotopic (exact) mass is 289 g/mol. The van der Waals surface area contributed by atoms with Crippen molar-refractivity contribution in [3.63, 3.8) is 0 Å². The van der Waals surface area contributed by atoms with E-state index in [2.05, 4.69) is 0 Å². The highest BCUT2D eigenvalue weighted by Gasteiger charge is 2.13. The van der Waals surface area contributed by atoms with Crippen molar-refractivity contribution in [1.29, 1.82) is 0 Å². The average Bonchev–Trinajstić information content (AvgIpc) is 2.87. The van der Waals surface area contributed by atoms with E-state index in [9.17, 15) is 4.39 Å². The van der Waals surface area contributed by atoms with Crippen LogP contribution in [0.5, 0.6) is 0 Å². The molecule has 0 saturated heterocycles. The fourth-order valence-corrected chi connectivity index (χ4v) is 2.32. The van der Waals surface area contributed by atoms with Gasteiger partial charge in [0.1, 0.15) is 17.2 Å². The molecule has 2 nitrogen and oxygen atoms in total. The van der Waals surface area contributed by atoms with Gasteiger partial charge in [0.15, 0.2) is 0 Å². The maximum atomic E-state index is 13.4. The molecule has 4 heteroatoms. The van der Waals surface area contributed by atoms with Gasteiger partial charge in [0.2, 0.25) is 0 Å². The van der Waals surface area contributed by atoms with Crippen molar-refractivity contribution in [1.82, 2.24) is 0 Å². The summed E-state index contributed by atoms with van der Waals surface area (Å²) in [6.07, 6.45) is 0.494. The molecule has 1 atom stereocenters. The second kappa shape index (κ2) is 5.27. The van der Waals surface area contributed by atoms with Crippen LogP contribution in [0.2, 0.25) is 5.02 Å². The van der Waals surface area contributed by atoms with E-state index in [0.29, 0.717) is 12.2 Å². The van der Waals surface area contributed by atoms with Crippen LogP contribution in [0.15, 0.2) is 52.9 Å². The third kappa shape index (κ3) is 2.55. The van der Waals surface area contributed by atoms with Crippen molar-refractivity contribution in [2.75, 3.05) is 0 Å². The van der Waals surface area contributed by atoms with Crippen molar-refractivity contribution in [3.05, 3.63) is 70.7 Å². The SMILES string of the molecule is NC(Cc1ccc(Cl)c(F)c1)c1cc2ccccc2o1. The van der Waals surface area contributed by atoms with Gasteiger partial charge < -0.3 is 10.2 Å². The van der Waals surface area contributed by atoms with Gasteiger partial charge in [0, 0.05) is 5.39 Å². The lowest BCUT2D eigenvalue weighted by Gasteiger charge is -2.09. The average molecular weight is 290 g/mol. The Hall–Kier alpha value is -1.84. The zero-order valence-corrected chi connectivity index (χ0v) is 11.4. The fourth-order valence-electron chi connectivity index (χ4n) is 2.21. The van der Waals surface area contributed by atoms with Crippen molar-refractivity contribution in [2.45, 2.75) is 12.5 Å². The van der Waals surface area contributed by atoms with Gasteiger partial charge in [-0.3, -0.25) is 0 Å². The highest BCUT2D eigenvalue weighted by molar-refractivity contribution is 6.30. The summed E-state index contributed by atoms with van der Waals surface area (Å²) in [5.74, 6) is 0.266. The maximum absolute atomic E-state index is 13.4. The van der Waals surface area contributed by atoms with Crippen molar-refractivity contribution in [2.24, 2.45) is 5.73 Å². The molecule has 0 spiro atoms. The smallest absolute Gasteiger partial charge is 0.142 e. The van der Waals surface area contributed by atoms with E-state index in [-0.39, 0.29) is 11.1 Å². The Morgan fingerprint density at radius 1 is 1.15 bits per heavy atom. The zero-order chi connectivity index (χ0) is 14.1. The number of para-hydroxylation sites is 1. The van der Waals surface area contributed by atoms with Crippen LogP contribution in [0.4, 0.5) is 4.39 Å². The van der Waals surface area contributed by atoms with E-state index >= 15 is 0 Å². The highest BCUT2D eigenvalue weighted by Crippen LogP contribution is 2.25. The lowest BCUT2D eigenvalue weighted by molar-refractivity contribution is 0.493. The number of benzene rings is 2. The van der Waals surface area contributed by atoms with Crippen LogP contribution in [-0.2, 0) is 6.42 Å². The molecule has 0 aliphatic rings. The summed E-state index contributed by atoms with van der Waals surface area (Å²) in [7, 11) is 0. The summed E-state index contributed by atoms with van der Waals surface area (Å²) >= 11 is 5.66. The van der Waals surface area contributed by atoms with Gasteiger partial charge in [0.05, 0.1) is 11.1 Å². The first-order valence-corrected chi connectivity index (χ1v) is 6.69. The van der Waals surface area contributed by atoms with Gasteiger partial charge in [-0.25, -0.2) is 4.39 Å². The Labute approximate surface area is 121 Å². The molecule has 3 rings (SSSR count). The van der Waals surface area contributed by atoms with Crippen molar-refractivity contribution < 1.29 is 8.81 Å². The molecule has 0 bridgehead atoms. The molecule has 0 fully saturated rings. The molecule has 0 radical (unpaired) electrons. The number of furan rings is 1. The number of hydrogen-bond acceptors (Lipinski definition) is 2. The van der Waals surface area contributed by atoms with Crippen LogP contribution in [0.1, 0.15) is 17.4 Å². The van der Waals surface area contributed by atoms with Gasteiger partial charge in [-0.1, -0.05) is 35.9 Å². The minimum Gasteiger partial charge on any atom is -0.459 e. The van der Waals surface area contributed by atoms with Crippen LogP contribution in [0, 0.1) is 5.82 Å². The first kappa shape index (κ1) is 13.2. The standard InChI is InChI=1S/C16H13ClFNO/c17-12-6-5-10(7-13(12)18)8-14(19)16-9-11-3-1-2-4-15(11)20-16/h1-7,9,14H,8,19H2. The Morgan fingerprint density at radius 2 is 1.95 bits per heavy atom. The molecule has 0 saturated carbocycles. The topological polar surface area (TPSA) is 39.2 Å². The fraction of sp³-hybridized carbons (Fsp3) is 0.125. The molecule has 2 aromatic carbocycles. The molecule has 0 aliphatic heterocycles. The van der Waals surface area contributed by atoms with Crippen LogP contribution in [-0.4, -0.2) is 0 Å². The molecular weight excluding hydrogens is 277 g/mol. The predicted molar refractivity (Wildman–Crippen MR) is 78.3 cm³/mol. The number of halogens is 2. The summed E-state index contributed by atoms with van der Waals surface area (Å²) in [6, 6.07) is 14.0. The van der Waals surface area contributed by atoms with Crippen molar-refractivity contribution >= 4 is 22.6 Å². The van der Waals surface area contributed by atoms with Gasteiger partial charge in [-0.15, -0.1) is 0 Å². The first-order valence-electron chi connectivity index (χ1n) is 6.31. The molecule has 1 unspecified atom stereocenters. The molecule has 0 amide bonds. The summed E-state index contributed by atoms with van der Waals surface area (Å²) < 4.78 is 19.1. The second-order valence-corrected chi connectivity index (χ2v) is 5.15. The number of hydrogen-bond donors (Lipinski definition) is 1. The number of nitrogens with two attached hydrogens (primary N) is 1. The quantitative estimate of drug-likeness (QED) is 0.773. The molecule has 20 heavy (non-hydrogen) atoms. The second-order valence-electron chi connectivity index (χ2n) is 4.75. The largest absolute Gasteiger partial charge is 0.459 e. The summed E-state index contributed by atoms with van der Waals surface area (Å²) in [5, 5.41) is 1.13. The Kier molecular flexibility index (Phi) is 3.47. The predicted octanol–water partition coefficient (Wildman–Crippen LogP) is 4.47. The number of fused-ring (bicyclic) bond motifs is 1. The van der Waals surface area contributed by atoms with Gasteiger partial charge in [-0.2, -0.15) is 0 Å². The van der Waals surface area contributed by atoms with Crippen molar-refractivity contribution in [3.8, 4) is 0 Å². The van der Waals surface area contributed by atoms with Crippen LogP contribution >= 0.6 is 11.6 Å². The maximum Gasteiger partial charge on any atom is 0.142 e. The molecule has 3 aromatic rings. The summed E-state index contributed by atoms with van der Waals surface area (Å²) in [5.41, 5.74) is 7.73. The Morgan fingerprint density at radius 3 is 2.70 bits per heavy atom. The summed E-state index contributed by atoms with van der Waals surface area (Å²) in [4.78, 5) is 0. The Balaban J connectivity index is 1.84. The molecule has 1 heterocycles. The lowest BCUT2D eigenvalue weighted by Crippen LogP contribution is -2.12. The molecule has 102 valence electrons. The van der Waals surface area contributed by atoms with Crippen LogP contribution < -0.4 is 5.73 Å². The van der Waals surface area contributed by atoms with E-state index in [1.165, 1.54) is 12.1 Å². The van der Waals surface area contributed by atoms with E-state index < -0.39 is 5.82 Å². The third-order valence-corrected chi connectivity index (χ3v) is 3.56. The minimum absolute atomic E-state index is 0.117. The minimum atomic E-state index is -0.430. The van der Waals surface area contributed by atoms with E-state index in [0.717, 1.165) is 16.5 Å². The third-order valence-electron chi connectivity index (χ3n) is 3.25. The normalized spacial score (nSPS) is 12.8. The molecule has 0 aliphatic carbocycles. The first-order chi connectivity index (χ1) is 9.63. The van der Waals surface area contributed by atoms with E-state index in [4.69, 9.17) is 21.8 Å². The zero-order valence-electron chi connectivity index (χ0n) is 10.6. The summed E-state index contributed by atoms with van der Waals surface area (Å²) in [6.45, 7) is 0. The highest BCUT2D eigenvalue weighted by atomic mass is 35.5. The lowest BCUT2D eigenvalue weighted by atomic mass is 10.0. The van der Waals surface area contributed by atoms with E-state index in [1.54, 1.807) is 6.07 Å². The Bertz CT molecular complexity index is 720. The van der Waals surface area contributed by atoms with Crippen LogP contribution in [0.3, 0.4) is 0 Å². The van der Waals surface area contributed by atoms with Gasteiger partial charge in [-0.05, 0) is 36.2 Å². The van der Waals surface area contributed by atoms with Gasteiger partial charge in [0.25, 0.3) is 0 Å². The number of rotatable bonds is 3.